The zero-order chi connectivity index (χ0) is 19.1. The molecule has 5 heteroatoms. The molecular formula is C22H30N4O. The van der Waals surface area contributed by atoms with E-state index < -0.39 is 0 Å². The maximum absolute atomic E-state index is 12.4. The average molecular weight is 367 g/mol. The molecule has 0 atom stereocenters. The molecule has 0 unspecified atom stereocenters. The molecule has 0 bridgehead atoms. The van der Waals surface area contributed by atoms with Gasteiger partial charge in [0.05, 0.1) is 0 Å². The number of piperazine rings is 1. The summed E-state index contributed by atoms with van der Waals surface area (Å²) < 4.78 is 0. The second kappa shape index (κ2) is 9.51. The summed E-state index contributed by atoms with van der Waals surface area (Å²) in [5.74, 6) is 0.227. The average Bonchev–Trinajstić information content (AvgIpc) is 2.71. The molecule has 144 valence electrons. The number of carbonyl (C=O) groups is 1. The minimum atomic E-state index is 0.227. The summed E-state index contributed by atoms with van der Waals surface area (Å²) in [6, 6.07) is 12.7. The number of benzene rings is 1. The zero-order valence-corrected chi connectivity index (χ0v) is 16.5. The van der Waals surface area contributed by atoms with E-state index in [4.69, 9.17) is 0 Å². The molecule has 2 aromatic rings. The summed E-state index contributed by atoms with van der Waals surface area (Å²) in [7, 11) is 1.90. The normalized spacial score (nSPS) is 15.0. The fourth-order valence-corrected chi connectivity index (χ4v) is 3.47. The van der Waals surface area contributed by atoms with Crippen LogP contribution in [0.3, 0.4) is 0 Å². The lowest BCUT2D eigenvalue weighted by Gasteiger charge is -2.36. The Morgan fingerprint density at radius 1 is 1.11 bits per heavy atom. The van der Waals surface area contributed by atoms with Gasteiger partial charge in [-0.2, -0.15) is 0 Å². The molecule has 1 saturated heterocycles. The fraction of sp³-hybridized carbons (Fsp3) is 0.455. The molecular weight excluding hydrogens is 336 g/mol. The monoisotopic (exact) mass is 366 g/mol. The highest BCUT2D eigenvalue weighted by atomic mass is 16.2. The minimum Gasteiger partial charge on any atom is -0.369 e. The number of hydrogen-bond donors (Lipinski definition) is 0. The first-order valence-electron chi connectivity index (χ1n) is 9.78. The van der Waals surface area contributed by atoms with E-state index in [-0.39, 0.29) is 5.91 Å². The van der Waals surface area contributed by atoms with E-state index in [2.05, 4.69) is 46.0 Å². The maximum Gasteiger partial charge on any atom is 0.223 e. The first-order valence-corrected chi connectivity index (χ1v) is 9.78. The summed E-state index contributed by atoms with van der Waals surface area (Å²) in [6.07, 6.45) is 5.07. The van der Waals surface area contributed by atoms with Crippen LogP contribution in [0.5, 0.6) is 0 Å². The molecule has 1 aliphatic heterocycles. The van der Waals surface area contributed by atoms with Crippen molar-refractivity contribution < 1.29 is 4.79 Å². The van der Waals surface area contributed by atoms with Gasteiger partial charge in [-0.15, -0.1) is 0 Å². The zero-order valence-electron chi connectivity index (χ0n) is 16.5. The van der Waals surface area contributed by atoms with Gasteiger partial charge in [-0.25, -0.2) is 0 Å². The molecule has 0 N–H and O–H groups in total. The van der Waals surface area contributed by atoms with Gasteiger partial charge < -0.3 is 9.80 Å². The summed E-state index contributed by atoms with van der Waals surface area (Å²) in [6.45, 7) is 7.82. The topological polar surface area (TPSA) is 39.7 Å². The molecule has 5 nitrogen and oxygen atoms in total. The highest BCUT2D eigenvalue weighted by Gasteiger charge is 2.18. The van der Waals surface area contributed by atoms with Crippen LogP contribution in [-0.2, 0) is 11.2 Å². The number of hydrogen-bond acceptors (Lipinski definition) is 4. The molecule has 1 fully saturated rings. The molecule has 1 aromatic heterocycles. The summed E-state index contributed by atoms with van der Waals surface area (Å²) in [5.41, 5.74) is 3.83. The van der Waals surface area contributed by atoms with E-state index in [0.717, 1.165) is 45.7 Å². The van der Waals surface area contributed by atoms with Gasteiger partial charge in [-0.05, 0) is 48.7 Å². The highest BCUT2D eigenvalue weighted by molar-refractivity contribution is 5.76. The van der Waals surface area contributed by atoms with Gasteiger partial charge in [0.2, 0.25) is 5.91 Å². The number of pyridine rings is 1. The van der Waals surface area contributed by atoms with E-state index in [1.165, 1.54) is 16.8 Å². The summed E-state index contributed by atoms with van der Waals surface area (Å²) >= 11 is 0. The standard InChI is InChI=1S/C22H30N4O/c1-19-4-3-5-21(18-19)26-16-14-25(15-17-26)13-9-22(27)24(2)12-8-20-6-10-23-11-7-20/h3-7,10-11,18H,8-9,12-17H2,1-2H3. The van der Waals surface area contributed by atoms with Crippen molar-refractivity contribution in [2.24, 2.45) is 0 Å². The lowest BCUT2D eigenvalue weighted by atomic mass is 10.2. The van der Waals surface area contributed by atoms with Crippen molar-refractivity contribution in [2.75, 3.05) is 51.2 Å². The third kappa shape index (κ3) is 5.79. The smallest absolute Gasteiger partial charge is 0.223 e. The first kappa shape index (κ1) is 19.4. The number of carbonyl (C=O) groups excluding carboxylic acids is 1. The van der Waals surface area contributed by atoms with Gasteiger partial charge in [-0.3, -0.25) is 14.7 Å². The minimum absolute atomic E-state index is 0.227. The van der Waals surface area contributed by atoms with E-state index in [1.54, 1.807) is 12.4 Å². The third-order valence-electron chi connectivity index (χ3n) is 5.29. The largest absolute Gasteiger partial charge is 0.369 e. The maximum atomic E-state index is 12.4. The van der Waals surface area contributed by atoms with Crippen LogP contribution in [0.4, 0.5) is 5.69 Å². The van der Waals surface area contributed by atoms with Crippen molar-refractivity contribution in [1.82, 2.24) is 14.8 Å². The van der Waals surface area contributed by atoms with Gasteiger partial charge in [0.1, 0.15) is 0 Å². The van der Waals surface area contributed by atoms with Crippen LogP contribution in [0, 0.1) is 6.92 Å². The molecule has 1 aliphatic rings. The number of amides is 1. The van der Waals surface area contributed by atoms with Crippen molar-refractivity contribution in [1.29, 1.82) is 0 Å². The Bertz CT molecular complexity index is 726. The van der Waals surface area contributed by atoms with Gasteiger partial charge in [0, 0.05) is 70.8 Å². The van der Waals surface area contributed by atoms with Crippen molar-refractivity contribution in [3.63, 3.8) is 0 Å². The van der Waals surface area contributed by atoms with E-state index in [9.17, 15) is 4.79 Å². The molecule has 0 saturated carbocycles. The Kier molecular flexibility index (Phi) is 6.82. The van der Waals surface area contributed by atoms with Crippen LogP contribution in [0.2, 0.25) is 0 Å². The molecule has 27 heavy (non-hydrogen) atoms. The van der Waals surface area contributed by atoms with Crippen LogP contribution in [0.25, 0.3) is 0 Å². The predicted molar refractivity (Wildman–Crippen MR) is 110 cm³/mol. The van der Waals surface area contributed by atoms with Crippen molar-refractivity contribution in [2.45, 2.75) is 19.8 Å². The van der Waals surface area contributed by atoms with Crippen LogP contribution >= 0.6 is 0 Å². The molecule has 3 rings (SSSR count). The summed E-state index contributed by atoms with van der Waals surface area (Å²) in [4.78, 5) is 23.1. The van der Waals surface area contributed by atoms with E-state index >= 15 is 0 Å². The molecule has 0 spiro atoms. The molecule has 0 aliphatic carbocycles. The van der Waals surface area contributed by atoms with Gasteiger partial charge in [0.25, 0.3) is 0 Å². The number of rotatable bonds is 7. The van der Waals surface area contributed by atoms with Crippen LogP contribution in [0.1, 0.15) is 17.5 Å². The number of anilines is 1. The molecule has 2 heterocycles. The third-order valence-corrected chi connectivity index (χ3v) is 5.29. The number of aryl methyl sites for hydroxylation is 1. The second-order valence-electron chi connectivity index (χ2n) is 7.34. The van der Waals surface area contributed by atoms with Gasteiger partial charge in [0.15, 0.2) is 0 Å². The fourth-order valence-electron chi connectivity index (χ4n) is 3.47. The van der Waals surface area contributed by atoms with Gasteiger partial charge in [-0.1, -0.05) is 12.1 Å². The van der Waals surface area contributed by atoms with Crippen LogP contribution in [0.15, 0.2) is 48.8 Å². The predicted octanol–water partition coefficient (Wildman–Crippen LogP) is 2.60. The Labute approximate surface area is 162 Å². The lowest BCUT2D eigenvalue weighted by Crippen LogP contribution is -2.47. The van der Waals surface area contributed by atoms with Crippen molar-refractivity contribution in [3.05, 3.63) is 59.9 Å². The van der Waals surface area contributed by atoms with Gasteiger partial charge >= 0.3 is 0 Å². The van der Waals surface area contributed by atoms with Crippen LogP contribution < -0.4 is 4.90 Å². The van der Waals surface area contributed by atoms with Crippen molar-refractivity contribution in [3.8, 4) is 0 Å². The van der Waals surface area contributed by atoms with Crippen LogP contribution in [-0.4, -0.2) is 67.0 Å². The number of likely N-dealkylation sites (N-methyl/N-ethyl adjacent to an activating group) is 1. The second-order valence-corrected chi connectivity index (χ2v) is 7.34. The number of aromatic nitrogens is 1. The first-order chi connectivity index (χ1) is 13.1. The molecule has 0 radical (unpaired) electrons. The Morgan fingerprint density at radius 3 is 2.56 bits per heavy atom. The quantitative estimate of drug-likeness (QED) is 0.755. The lowest BCUT2D eigenvalue weighted by molar-refractivity contribution is -0.130. The Hall–Kier alpha value is -2.40. The SMILES string of the molecule is Cc1cccc(N2CCN(CCC(=O)N(C)CCc3ccncc3)CC2)c1. The highest BCUT2D eigenvalue weighted by Crippen LogP contribution is 2.17. The Morgan fingerprint density at radius 2 is 1.85 bits per heavy atom. The van der Waals surface area contributed by atoms with E-state index in [1.807, 2.05) is 24.1 Å². The summed E-state index contributed by atoms with van der Waals surface area (Å²) in [5, 5.41) is 0. The number of nitrogens with zero attached hydrogens (tertiary/aromatic N) is 4. The van der Waals surface area contributed by atoms with E-state index in [0.29, 0.717) is 6.42 Å². The molecule has 1 aromatic carbocycles. The van der Waals surface area contributed by atoms with Crippen molar-refractivity contribution >= 4 is 11.6 Å². The molecule has 1 amide bonds. The Balaban J connectivity index is 1.37.